The van der Waals surface area contributed by atoms with E-state index in [1.165, 1.54) is 5.56 Å². The van der Waals surface area contributed by atoms with E-state index < -0.39 is 5.97 Å². The fraction of sp³-hybridized carbons (Fsp3) is 0.579. The van der Waals surface area contributed by atoms with Gasteiger partial charge < -0.3 is 9.52 Å². The summed E-state index contributed by atoms with van der Waals surface area (Å²) >= 11 is 0. The molecule has 3 heterocycles. The number of carboxylic acids is 1. The van der Waals surface area contributed by atoms with Gasteiger partial charge in [0.05, 0.1) is 5.92 Å². The van der Waals surface area contributed by atoms with Gasteiger partial charge in [-0.25, -0.2) is 0 Å². The molecular weight excluding hydrogens is 318 g/mol. The number of carbonyl (C=O) groups is 1. The van der Waals surface area contributed by atoms with Crippen LogP contribution in [0.25, 0.3) is 11.5 Å². The van der Waals surface area contributed by atoms with Crippen LogP contribution in [-0.4, -0.2) is 38.8 Å². The van der Waals surface area contributed by atoms with E-state index in [2.05, 4.69) is 16.2 Å². The molecule has 1 saturated heterocycles. The van der Waals surface area contributed by atoms with Crippen LogP contribution in [0.2, 0.25) is 0 Å². The van der Waals surface area contributed by atoms with Gasteiger partial charge in [0.2, 0.25) is 0 Å². The number of likely N-dealkylation sites (tertiary alicyclic amines) is 1. The zero-order chi connectivity index (χ0) is 17.6. The minimum Gasteiger partial charge on any atom is -0.481 e. The molecule has 0 bridgehead atoms. The van der Waals surface area contributed by atoms with E-state index in [0.717, 1.165) is 62.5 Å². The van der Waals surface area contributed by atoms with Crippen LogP contribution in [-0.2, 0) is 18.4 Å². The predicted molar refractivity (Wildman–Crippen MR) is 93.0 cm³/mol. The smallest absolute Gasteiger partial charge is 0.306 e. The van der Waals surface area contributed by atoms with Crippen molar-refractivity contribution in [3.05, 3.63) is 29.7 Å². The third-order valence-electron chi connectivity index (χ3n) is 5.90. The molecule has 1 aliphatic carbocycles. The summed E-state index contributed by atoms with van der Waals surface area (Å²) in [5.41, 5.74) is 2.39. The number of hydrogen-bond donors (Lipinski definition) is 1. The number of aromatic nitrogens is 2. The minimum absolute atomic E-state index is 0.112. The van der Waals surface area contributed by atoms with Gasteiger partial charge in [0, 0.05) is 25.4 Å². The zero-order valence-electron chi connectivity index (χ0n) is 14.9. The molecule has 25 heavy (non-hydrogen) atoms. The van der Waals surface area contributed by atoms with E-state index in [9.17, 15) is 4.79 Å². The number of aryl methyl sites for hydroxylation is 2. The van der Waals surface area contributed by atoms with Crippen molar-refractivity contribution in [3.8, 4) is 11.5 Å². The molecule has 2 aliphatic rings. The molecule has 6 heteroatoms. The van der Waals surface area contributed by atoms with Crippen LogP contribution in [0.3, 0.4) is 0 Å². The molecule has 2 aromatic heterocycles. The Kier molecular flexibility index (Phi) is 3.95. The van der Waals surface area contributed by atoms with Gasteiger partial charge in [-0.15, -0.1) is 0 Å². The van der Waals surface area contributed by atoms with Gasteiger partial charge in [-0.05, 0) is 63.2 Å². The Balaban J connectivity index is 1.40. The molecular formula is C19H25N3O3. The highest BCUT2D eigenvalue weighted by molar-refractivity contribution is 5.71. The summed E-state index contributed by atoms with van der Waals surface area (Å²) in [5.74, 6) is 0.981. The summed E-state index contributed by atoms with van der Waals surface area (Å²) in [7, 11) is 1.94. The first-order chi connectivity index (χ1) is 11.9. The highest BCUT2D eigenvalue weighted by Gasteiger charge is 2.48. The summed E-state index contributed by atoms with van der Waals surface area (Å²) in [4.78, 5) is 13.5. The third kappa shape index (κ3) is 3.11. The van der Waals surface area contributed by atoms with Crippen LogP contribution in [0.1, 0.15) is 37.0 Å². The lowest BCUT2D eigenvalue weighted by molar-refractivity contribution is -0.152. The molecule has 1 saturated carbocycles. The van der Waals surface area contributed by atoms with Crippen molar-refractivity contribution in [2.24, 2.45) is 18.4 Å². The lowest BCUT2D eigenvalue weighted by atomic mass is 9.57. The minimum atomic E-state index is -0.623. The average Bonchev–Trinajstić information content (AvgIpc) is 3.11. The number of rotatable bonds is 4. The Bertz CT molecular complexity index is 776. The van der Waals surface area contributed by atoms with E-state index in [1.807, 2.05) is 30.8 Å². The van der Waals surface area contributed by atoms with Gasteiger partial charge in [-0.3, -0.25) is 14.4 Å². The highest BCUT2D eigenvalue weighted by atomic mass is 16.4. The molecule has 6 nitrogen and oxygen atoms in total. The normalized spacial score (nSPS) is 20.7. The standard InChI is InChI=1S/C19H25N3O3/c1-13-3-4-16(25-13)17-15(11-21(2)20-17)12-22-7-5-19(6-8-22)9-14(10-19)18(23)24/h3-4,11,14H,5-10,12H2,1-2H3,(H,23,24). The van der Waals surface area contributed by atoms with Gasteiger partial charge in [0.1, 0.15) is 11.5 Å². The van der Waals surface area contributed by atoms with Crippen LogP contribution in [0.5, 0.6) is 0 Å². The van der Waals surface area contributed by atoms with Crippen molar-refractivity contribution in [2.75, 3.05) is 13.1 Å². The van der Waals surface area contributed by atoms with Crippen molar-refractivity contribution >= 4 is 5.97 Å². The molecule has 0 aromatic carbocycles. The van der Waals surface area contributed by atoms with Crippen molar-refractivity contribution in [2.45, 2.75) is 39.2 Å². The monoisotopic (exact) mass is 343 g/mol. The van der Waals surface area contributed by atoms with Gasteiger partial charge in [-0.1, -0.05) is 0 Å². The average molecular weight is 343 g/mol. The van der Waals surface area contributed by atoms with Gasteiger partial charge in [0.15, 0.2) is 5.76 Å². The van der Waals surface area contributed by atoms with Crippen molar-refractivity contribution in [3.63, 3.8) is 0 Å². The Morgan fingerprint density at radius 3 is 2.68 bits per heavy atom. The fourth-order valence-corrected chi connectivity index (χ4v) is 4.42. The molecule has 0 radical (unpaired) electrons. The van der Waals surface area contributed by atoms with Crippen molar-refractivity contribution < 1.29 is 14.3 Å². The number of carboxylic acid groups (broad SMARTS) is 1. The van der Waals surface area contributed by atoms with Crippen molar-refractivity contribution in [1.82, 2.24) is 14.7 Å². The lowest BCUT2D eigenvalue weighted by Crippen LogP contribution is -2.48. The van der Waals surface area contributed by atoms with Crippen LogP contribution in [0.15, 0.2) is 22.7 Å². The van der Waals surface area contributed by atoms with E-state index in [-0.39, 0.29) is 11.3 Å². The van der Waals surface area contributed by atoms with Crippen LogP contribution < -0.4 is 0 Å². The molecule has 4 rings (SSSR count). The van der Waals surface area contributed by atoms with E-state index in [1.54, 1.807) is 0 Å². The second kappa shape index (κ2) is 6.02. The number of nitrogens with zero attached hydrogens (tertiary/aromatic N) is 3. The largest absolute Gasteiger partial charge is 0.481 e. The van der Waals surface area contributed by atoms with Crippen LogP contribution in [0.4, 0.5) is 0 Å². The zero-order valence-corrected chi connectivity index (χ0v) is 14.9. The molecule has 2 fully saturated rings. The second-order valence-electron chi connectivity index (χ2n) is 7.81. The molecule has 134 valence electrons. The topological polar surface area (TPSA) is 71.5 Å². The first-order valence-corrected chi connectivity index (χ1v) is 8.99. The Labute approximate surface area is 147 Å². The Morgan fingerprint density at radius 2 is 2.08 bits per heavy atom. The maximum atomic E-state index is 11.1. The quantitative estimate of drug-likeness (QED) is 0.924. The van der Waals surface area contributed by atoms with E-state index in [0.29, 0.717) is 0 Å². The summed E-state index contributed by atoms with van der Waals surface area (Å²) in [6.45, 7) is 4.86. The third-order valence-corrected chi connectivity index (χ3v) is 5.90. The molecule has 2 aromatic rings. The van der Waals surface area contributed by atoms with Gasteiger partial charge >= 0.3 is 5.97 Å². The molecule has 0 amide bonds. The maximum Gasteiger partial charge on any atom is 0.306 e. The molecule has 1 aliphatic heterocycles. The summed E-state index contributed by atoms with van der Waals surface area (Å²) < 4.78 is 7.60. The lowest BCUT2D eigenvalue weighted by Gasteiger charge is -2.51. The summed E-state index contributed by atoms with van der Waals surface area (Å²) in [6.07, 6.45) is 6.00. The highest BCUT2D eigenvalue weighted by Crippen LogP contribution is 2.52. The SMILES string of the molecule is Cc1ccc(-c2nn(C)cc2CN2CCC3(CC2)CC(C(=O)O)C3)o1. The Morgan fingerprint density at radius 1 is 1.36 bits per heavy atom. The number of hydrogen-bond acceptors (Lipinski definition) is 4. The van der Waals surface area contributed by atoms with E-state index in [4.69, 9.17) is 9.52 Å². The van der Waals surface area contributed by atoms with Crippen LogP contribution in [0, 0.1) is 18.3 Å². The van der Waals surface area contributed by atoms with E-state index >= 15 is 0 Å². The molecule has 0 atom stereocenters. The van der Waals surface area contributed by atoms with Crippen LogP contribution >= 0.6 is 0 Å². The predicted octanol–water partition coefficient (Wildman–Crippen LogP) is 3.07. The Hall–Kier alpha value is -2.08. The fourth-order valence-electron chi connectivity index (χ4n) is 4.42. The molecule has 1 spiro atoms. The first kappa shape index (κ1) is 16.4. The van der Waals surface area contributed by atoms with Gasteiger partial charge in [0.25, 0.3) is 0 Å². The van der Waals surface area contributed by atoms with Gasteiger partial charge in [-0.2, -0.15) is 5.10 Å². The number of piperidine rings is 1. The first-order valence-electron chi connectivity index (χ1n) is 8.99. The summed E-state index contributed by atoms with van der Waals surface area (Å²) in [6, 6.07) is 3.95. The number of furan rings is 1. The summed E-state index contributed by atoms with van der Waals surface area (Å²) in [5, 5.41) is 13.7. The van der Waals surface area contributed by atoms with Crippen molar-refractivity contribution in [1.29, 1.82) is 0 Å². The number of aliphatic carboxylic acids is 1. The molecule has 1 N–H and O–H groups in total. The second-order valence-corrected chi connectivity index (χ2v) is 7.81. The molecule has 0 unspecified atom stereocenters. The maximum absolute atomic E-state index is 11.1.